The van der Waals surface area contributed by atoms with Crippen molar-refractivity contribution in [3.05, 3.63) is 35.4 Å². The van der Waals surface area contributed by atoms with E-state index in [9.17, 15) is 9.59 Å². The lowest BCUT2D eigenvalue weighted by molar-refractivity contribution is -0.128. The van der Waals surface area contributed by atoms with Gasteiger partial charge in [-0.15, -0.1) is 0 Å². The highest BCUT2D eigenvalue weighted by Crippen LogP contribution is 2.27. The molecule has 6 nitrogen and oxygen atoms in total. The molecule has 0 saturated carbocycles. The van der Waals surface area contributed by atoms with Gasteiger partial charge in [0.15, 0.2) is 0 Å². The molecule has 6 heteroatoms. The van der Waals surface area contributed by atoms with Gasteiger partial charge in [-0.25, -0.2) is 0 Å². The van der Waals surface area contributed by atoms with Gasteiger partial charge < -0.3 is 10.2 Å². The van der Waals surface area contributed by atoms with Gasteiger partial charge in [0.05, 0.1) is 0 Å². The second kappa shape index (κ2) is 6.29. The summed E-state index contributed by atoms with van der Waals surface area (Å²) in [4.78, 5) is 26.1. The van der Waals surface area contributed by atoms with Gasteiger partial charge in [-0.2, -0.15) is 0 Å². The topological polar surface area (TPSA) is 73.5 Å². The minimum atomic E-state index is -0.399. The van der Waals surface area contributed by atoms with Gasteiger partial charge in [0.25, 0.3) is 5.91 Å². The molecule has 0 radical (unpaired) electrons. The average molecular weight is 316 g/mol. The van der Waals surface area contributed by atoms with E-state index >= 15 is 0 Å². The molecule has 3 N–H and O–H groups in total. The number of hydrogen-bond acceptors (Lipinski definition) is 4. The van der Waals surface area contributed by atoms with Gasteiger partial charge >= 0.3 is 0 Å². The van der Waals surface area contributed by atoms with E-state index in [0.29, 0.717) is 36.5 Å². The summed E-state index contributed by atoms with van der Waals surface area (Å²) in [5, 5.41) is 2.85. The first kappa shape index (κ1) is 16.0. The molecule has 2 aliphatic heterocycles. The Balaban J connectivity index is 1.74. The molecule has 2 amide bonds. The molecule has 1 aromatic carbocycles. The minimum Gasteiger partial charge on any atom is -0.344 e. The maximum absolute atomic E-state index is 12.5. The molecule has 1 aromatic rings. The maximum atomic E-state index is 12.5. The number of hydrazine groups is 1. The fraction of sp³-hybridized carbons (Fsp3) is 0.529. The second-order valence-electron chi connectivity index (χ2n) is 6.59. The van der Waals surface area contributed by atoms with E-state index in [1.807, 2.05) is 12.1 Å². The number of rotatable bonds is 3. The first-order valence-electron chi connectivity index (χ1n) is 8.14. The summed E-state index contributed by atoms with van der Waals surface area (Å²) in [6.07, 6.45) is 0.672. The van der Waals surface area contributed by atoms with Gasteiger partial charge in [0.2, 0.25) is 5.91 Å². The van der Waals surface area contributed by atoms with Crippen LogP contribution in [0.2, 0.25) is 0 Å². The van der Waals surface area contributed by atoms with Crippen LogP contribution in [0.3, 0.4) is 0 Å². The highest BCUT2D eigenvalue weighted by Gasteiger charge is 2.32. The Morgan fingerprint density at radius 3 is 2.57 bits per heavy atom. The molecule has 3 atom stereocenters. The van der Waals surface area contributed by atoms with E-state index in [0.717, 1.165) is 5.56 Å². The zero-order chi connectivity index (χ0) is 16.6. The van der Waals surface area contributed by atoms with E-state index in [1.54, 1.807) is 18.0 Å². The SMILES string of the molecule is CC1NNC(C)C1c1cccc(C(=O)NC2CCN(C)C2=O)c1. The first-order chi connectivity index (χ1) is 11.0. The van der Waals surface area contributed by atoms with Crippen LogP contribution in [0.5, 0.6) is 0 Å². The number of likely N-dealkylation sites (N-methyl/N-ethyl adjacent to an activating group) is 1. The van der Waals surface area contributed by atoms with Crippen LogP contribution in [-0.2, 0) is 4.79 Å². The van der Waals surface area contributed by atoms with E-state index in [2.05, 4.69) is 36.1 Å². The average Bonchev–Trinajstić information content (AvgIpc) is 3.03. The molecule has 2 heterocycles. The fourth-order valence-electron chi connectivity index (χ4n) is 3.54. The van der Waals surface area contributed by atoms with Gasteiger partial charge in [0.1, 0.15) is 6.04 Å². The molecule has 0 aliphatic carbocycles. The van der Waals surface area contributed by atoms with Crippen LogP contribution in [0.25, 0.3) is 0 Å². The van der Waals surface area contributed by atoms with Crippen LogP contribution < -0.4 is 16.2 Å². The predicted molar refractivity (Wildman–Crippen MR) is 87.9 cm³/mol. The number of benzene rings is 1. The molecule has 2 fully saturated rings. The Labute approximate surface area is 136 Å². The molecule has 2 saturated heterocycles. The third kappa shape index (κ3) is 3.09. The normalized spacial score (nSPS) is 30.7. The first-order valence-corrected chi connectivity index (χ1v) is 8.14. The monoisotopic (exact) mass is 316 g/mol. The van der Waals surface area contributed by atoms with Crippen molar-refractivity contribution in [3.63, 3.8) is 0 Å². The van der Waals surface area contributed by atoms with Crippen LogP contribution in [0.4, 0.5) is 0 Å². The number of hydrogen-bond donors (Lipinski definition) is 3. The van der Waals surface area contributed by atoms with E-state index in [4.69, 9.17) is 0 Å². The summed E-state index contributed by atoms with van der Waals surface area (Å²) < 4.78 is 0. The Bertz CT molecular complexity index is 608. The molecule has 0 spiro atoms. The molecule has 2 aliphatic rings. The lowest BCUT2D eigenvalue weighted by atomic mass is 9.88. The van der Waals surface area contributed by atoms with Crippen LogP contribution in [0.1, 0.15) is 42.1 Å². The number of carbonyl (C=O) groups is 2. The summed E-state index contributed by atoms with van der Waals surface area (Å²) in [5.74, 6) is 0.114. The van der Waals surface area contributed by atoms with Crippen molar-refractivity contribution in [2.75, 3.05) is 13.6 Å². The summed E-state index contributed by atoms with van der Waals surface area (Å²) in [5.41, 5.74) is 8.21. The van der Waals surface area contributed by atoms with Crippen molar-refractivity contribution in [2.45, 2.75) is 44.3 Å². The van der Waals surface area contributed by atoms with Gasteiger partial charge in [-0.05, 0) is 38.0 Å². The quantitative estimate of drug-likeness (QED) is 0.764. The van der Waals surface area contributed by atoms with Crippen molar-refractivity contribution in [1.29, 1.82) is 0 Å². The van der Waals surface area contributed by atoms with Crippen molar-refractivity contribution in [3.8, 4) is 0 Å². The Morgan fingerprint density at radius 1 is 1.26 bits per heavy atom. The van der Waals surface area contributed by atoms with Crippen LogP contribution >= 0.6 is 0 Å². The number of nitrogens with one attached hydrogen (secondary N) is 3. The predicted octanol–water partition coefficient (Wildman–Crippen LogP) is 0.616. The van der Waals surface area contributed by atoms with Crippen LogP contribution in [0, 0.1) is 0 Å². The number of amides is 2. The standard InChI is InChI=1S/C17H24N4O2/c1-10-15(11(2)20-19-10)12-5-4-6-13(9-12)16(22)18-14-7-8-21(3)17(14)23/h4-6,9-11,14-15,19-20H,7-8H2,1-3H3,(H,18,22). The fourth-order valence-corrected chi connectivity index (χ4v) is 3.54. The zero-order valence-electron chi connectivity index (χ0n) is 13.8. The number of nitrogens with zero attached hydrogens (tertiary/aromatic N) is 1. The Morgan fingerprint density at radius 2 is 1.96 bits per heavy atom. The van der Waals surface area contributed by atoms with Crippen molar-refractivity contribution in [2.24, 2.45) is 0 Å². The molecular formula is C17H24N4O2. The molecule has 124 valence electrons. The lowest BCUT2D eigenvalue weighted by Gasteiger charge is -2.19. The van der Waals surface area contributed by atoms with Crippen LogP contribution in [0.15, 0.2) is 24.3 Å². The third-order valence-electron chi connectivity index (χ3n) is 4.88. The van der Waals surface area contributed by atoms with Crippen molar-refractivity contribution >= 4 is 11.8 Å². The van der Waals surface area contributed by atoms with E-state index in [1.165, 1.54) is 0 Å². The van der Waals surface area contributed by atoms with Gasteiger partial charge in [-0.3, -0.25) is 20.4 Å². The zero-order valence-corrected chi connectivity index (χ0v) is 13.8. The highest BCUT2D eigenvalue weighted by atomic mass is 16.2. The summed E-state index contributed by atoms with van der Waals surface area (Å²) in [7, 11) is 1.76. The van der Waals surface area contributed by atoms with Crippen molar-refractivity contribution in [1.82, 2.24) is 21.1 Å². The molecule has 3 rings (SSSR count). The number of likely N-dealkylation sites (tertiary alicyclic amines) is 1. The Kier molecular flexibility index (Phi) is 4.37. The van der Waals surface area contributed by atoms with Gasteiger partial charge in [0, 0.05) is 37.2 Å². The van der Waals surface area contributed by atoms with E-state index < -0.39 is 6.04 Å². The highest BCUT2D eigenvalue weighted by molar-refractivity contribution is 5.98. The van der Waals surface area contributed by atoms with Gasteiger partial charge in [-0.1, -0.05) is 12.1 Å². The second-order valence-corrected chi connectivity index (χ2v) is 6.59. The number of carbonyl (C=O) groups excluding carboxylic acids is 2. The van der Waals surface area contributed by atoms with Crippen LogP contribution in [-0.4, -0.2) is 48.4 Å². The summed E-state index contributed by atoms with van der Waals surface area (Å²) in [6.45, 7) is 4.94. The molecular weight excluding hydrogens is 292 g/mol. The molecule has 3 unspecified atom stereocenters. The van der Waals surface area contributed by atoms with E-state index in [-0.39, 0.29) is 11.8 Å². The van der Waals surface area contributed by atoms with Crippen molar-refractivity contribution < 1.29 is 9.59 Å². The summed E-state index contributed by atoms with van der Waals surface area (Å²) >= 11 is 0. The minimum absolute atomic E-state index is 0.0130. The lowest BCUT2D eigenvalue weighted by Crippen LogP contribution is -2.40. The molecule has 0 bridgehead atoms. The largest absolute Gasteiger partial charge is 0.344 e. The molecule has 23 heavy (non-hydrogen) atoms. The summed E-state index contributed by atoms with van der Waals surface area (Å²) in [6, 6.07) is 7.89. The molecule has 0 aromatic heterocycles. The maximum Gasteiger partial charge on any atom is 0.251 e. The third-order valence-corrected chi connectivity index (χ3v) is 4.88. The Hall–Kier alpha value is -1.92. The smallest absolute Gasteiger partial charge is 0.251 e.